The fraction of sp³-hybridized carbons (Fsp3) is 0.333. The highest BCUT2D eigenvalue weighted by atomic mass is 16.6. The van der Waals surface area contributed by atoms with Gasteiger partial charge in [-0.25, -0.2) is 10.2 Å². The quantitative estimate of drug-likeness (QED) is 0.376. The Morgan fingerprint density at radius 2 is 1.83 bits per heavy atom. The molecule has 4 N–H and O–H groups in total. The molecule has 0 bridgehead atoms. The first-order valence-electron chi connectivity index (χ1n) is 9.32. The van der Waals surface area contributed by atoms with Crippen LogP contribution in [0.15, 0.2) is 59.8 Å². The van der Waals surface area contributed by atoms with Crippen LogP contribution in [0, 0.1) is 0 Å². The maximum Gasteiger partial charge on any atom is 0.408 e. The van der Waals surface area contributed by atoms with E-state index >= 15 is 0 Å². The SMILES string of the molecule is CC(C)(C)OC(=O)N[C@H](CCc1ccccc1)C(=O)N/N=C(\N)c1ccccn1. The number of aromatic nitrogens is 1. The number of amides is 2. The van der Waals surface area contributed by atoms with Gasteiger partial charge in [0.15, 0.2) is 5.84 Å². The van der Waals surface area contributed by atoms with Crippen LogP contribution in [0.4, 0.5) is 4.79 Å². The molecule has 1 atom stereocenters. The molecule has 0 radical (unpaired) electrons. The number of benzene rings is 1. The first-order valence-corrected chi connectivity index (χ1v) is 9.32. The highest BCUT2D eigenvalue weighted by Gasteiger charge is 2.24. The van der Waals surface area contributed by atoms with Gasteiger partial charge in [0.1, 0.15) is 17.3 Å². The van der Waals surface area contributed by atoms with Crippen LogP contribution >= 0.6 is 0 Å². The van der Waals surface area contributed by atoms with Crippen molar-refractivity contribution in [2.24, 2.45) is 10.8 Å². The van der Waals surface area contributed by atoms with Crippen LogP contribution < -0.4 is 16.5 Å². The Morgan fingerprint density at radius 3 is 2.45 bits per heavy atom. The van der Waals surface area contributed by atoms with Gasteiger partial charge in [0, 0.05) is 6.20 Å². The number of hydrogen-bond donors (Lipinski definition) is 3. The predicted octanol–water partition coefficient (Wildman–Crippen LogP) is 2.34. The maximum atomic E-state index is 12.6. The molecule has 1 heterocycles. The first kappa shape index (κ1) is 21.9. The lowest BCUT2D eigenvalue weighted by molar-refractivity contribution is -0.123. The molecule has 2 amide bonds. The molecule has 0 spiro atoms. The number of rotatable bonds is 7. The van der Waals surface area contributed by atoms with Crippen molar-refractivity contribution in [3.63, 3.8) is 0 Å². The Morgan fingerprint density at radius 1 is 1.14 bits per heavy atom. The van der Waals surface area contributed by atoms with Crippen molar-refractivity contribution < 1.29 is 14.3 Å². The van der Waals surface area contributed by atoms with Crippen molar-refractivity contribution in [1.82, 2.24) is 15.7 Å². The Bertz CT molecular complexity index is 832. The molecule has 0 aliphatic rings. The highest BCUT2D eigenvalue weighted by Crippen LogP contribution is 2.09. The van der Waals surface area contributed by atoms with Crippen molar-refractivity contribution in [1.29, 1.82) is 0 Å². The summed E-state index contributed by atoms with van der Waals surface area (Å²) in [6, 6.07) is 14.0. The average molecular weight is 397 g/mol. The molecule has 1 aromatic heterocycles. The van der Waals surface area contributed by atoms with E-state index in [4.69, 9.17) is 10.5 Å². The van der Waals surface area contributed by atoms with Gasteiger partial charge in [0.2, 0.25) is 0 Å². The van der Waals surface area contributed by atoms with E-state index in [9.17, 15) is 9.59 Å². The van der Waals surface area contributed by atoms with Gasteiger partial charge in [-0.2, -0.15) is 5.10 Å². The molecule has 2 rings (SSSR count). The molecular formula is C21H27N5O3. The molecule has 8 heteroatoms. The number of ether oxygens (including phenoxy) is 1. The lowest BCUT2D eigenvalue weighted by atomic mass is 10.0. The molecule has 0 aliphatic carbocycles. The largest absolute Gasteiger partial charge is 0.444 e. The number of amidine groups is 1. The predicted molar refractivity (Wildman–Crippen MR) is 111 cm³/mol. The molecule has 1 aromatic carbocycles. The topological polar surface area (TPSA) is 119 Å². The number of alkyl carbamates (subject to hydrolysis) is 1. The molecule has 0 saturated carbocycles. The van der Waals surface area contributed by atoms with Crippen molar-refractivity contribution in [3.8, 4) is 0 Å². The number of aryl methyl sites for hydroxylation is 1. The molecule has 0 fully saturated rings. The third-order valence-corrected chi connectivity index (χ3v) is 3.79. The summed E-state index contributed by atoms with van der Waals surface area (Å²) in [6.45, 7) is 5.26. The minimum atomic E-state index is -0.842. The minimum absolute atomic E-state index is 0.0676. The highest BCUT2D eigenvalue weighted by molar-refractivity contribution is 5.96. The second-order valence-electron chi connectivity index (χ2n) is 7.41. The lowest BCUT2D eigenvalue weighted by Crippen LogP contribution is -2.47. The van der Waals surface area contributed by atoms with Crippen molar-refractivity contribution in [3.05, 3.63) is 66.0 Å². The van der Waals surface area contributed by atoms with Crippen LogP contribution in [-0.4, -0.2) is 34.5 Å². The van der Waals surface area contributed by atoms with Gasteiger partial charge in [-0.3, -0.25) is 9.78 Å². The third-order valence-electron chi connectivity index (χ3n) is 3.79. The Labute approximate surface area is 170 Å². The molecule has 0 unspecified atom stereocenters. The summed E-state index contributed by atoms with van der Waals surface area (Å²) >= 11 is 0. The number of nitrogens with zero attached hydrogens (tertiary/aromatic N) is 2. The van der Waals surface area contributed by atoms with Crippen LogP contribution in [0.5, 0.6) is 0 Å². The summed E-state index contributed by atoms with van der Waals surface area (Å²) in [5, 5.41) is 6.50. The summed E-state index contributed by atoms with van der Waals surface area (Å²) < 4.78 is 5.26. The van der Waals surface area contributed by atoms with Crippen LogP contribution in [0.2, 0.25) is 0 Å². The number of hydrazone groups is 1. The zero-order valence-corrected chi connectivity index (χ0v) is 16.9. The van der Waals surface area contributed by atoms with E-state index in [1.807, 2.05) is 30.3 Å². The van der Waals surface area contributed by atoms with E-state index in [-0.39, 0.29) is 5.84 Å². The van der Waals surface area contributed by atoms with Crippen LogP contribution in [0.25, 0.3) is 0 Å². The molecule has 0 aliphatic heterocycles. The van der Waals surface area contributed by atoms with E-state index in [1.165, 1.54) is 0 Å². The van der Waals surface area contributed by atoms with Crippen molar-refractivity contribution in [2.75, 3.05) is 0 Å². The summed E-state index contributed by atoms with van der Waals surface area (Å²) in [7, 11) is 0. The van der Waals surface area contributed by atoms with Crippen LogP contribution in [0.3, 0.4) is 0 Å². The van der Waals surface area contributed by atoms with Gasteiger partial charge < -0.3 is 15.8 Å². The number of carbonyl (C=O) groups excluding carboxylic acids is 2. The Kier molecular flexibility index (Phi) is 7.70. The maximum absolute atomic E-state index is 12.6. The van der Waals surface area contributed by atoms with E-state index in [0.717, 1.165) is 5.56 Å². The Balaban J connectivity index is 2.05. The summed E-state index contributed by atoms with van der Waals surface area (Å²) in [4.78, 5) is 28.9. The zero-order valence-electron chi connectivity index (χ0n) is 16.9. The molecule has 154 valence electrons. The fourth-order valence-electron chi connectivity index (χ4n) is 2.44. The van der Waals surface area contributed by atoms with E-state index in [2.05, 4.69) is 20.8 Å². The summed E-state index contributed by atoms with van der Waals surface area (Å²) in [5.41, 5.74) is 9.07. The van der Waals surface area contributed by atoms with E-state index in [1.54, 1.807) is 45.2 Å². The smallest absolute Gasteiger partial charge is 0.408 e. The summed E-state index contributed by atoms with van der Waals surface area (Å²) in [5.74, 6) is -0.427. The second-order valence-corrected chi connectivity index (χ2v) is 7.41. The second kappa shape index (κ2) is 10.2. The summed E-state index contributed by atoms with van der Waals surface area (Å²) in [6.07, 6.45) is 1.86. The van der Waals surface area contributed by atoms with Crippen LogP contribution in [0.1, 0.15) is 38.4 Å². The van der Waals surface area contributed by atoms with Gasteiger partial charge in [0.25, 0.3) is 5.91 Å². The first-order chi connectivity index (χ1) is 13.7. The van der Waals surface area contributed by atoms with E-state index in [0.29, 0.717) is 18.5 Å². The lowest BCUT2D eigenvalue weighted by Gasteiger charge is -2.23. The molecule has 0 saturated heterocycles. The zero-order chi connectivity index (χ0) is 21.3. The van der Waals surface area contributed by atoms with Gasteiger partial charge in [-0.05, 0) is 51.3 Å². The molecular weight excluding hydrogens is 370 g/mol. The van der Waals surface area contributed by atoms with Crippen molar-refractivity contribution >= 4 is 17.8 Å². The third kappa shape index (κ3) is 8.00. The van der Waals surface area contributed by atoms with Gasteiger partial charge in [0.05, 0.1) is 0 Å². The molecule has 8 nitrogen and oxygen atoms in total. The van der Waals surface area contributed by atoms with Gasteiger partial charge in [-0.15, -0.1) is 0 Å². The molecule has 29 heavy (non-hydrogen) atoms. The monoisotopic (exact) mass is 397 g/mol. The van der Waals surface area contributed by atoms with Gasteiger partial charge >= 0.3 is 6.09 Å². The molecule has 2 aromatic rings. The fourth-order valence-corrected chi connectivity index (χ4v) is 2.44. The number of nitrogens with two attached hydrogens (primary N) is 1. The Hall–Kier alpha value is -3.42. The minimum Gasteiger partial charge on any atom is -0.444 e. The number of pyridine rings is 1. The number of nitrogens with one attached hydrogen (secondary N) is 2. The number of hydrogen-bond acceptors (Lipinski definition) is 5. The van der Waals surface area contributed by atoms with Crippen molar-refractivity contribution in [2.45, 2.75) is 45.3 Å². The average Bonchev–Trinajstić information content (AvgIpc) is 2.69. The normalized spacial score (nSPS) is 12.7. The standard InChI is InChI=1S/C21H27N5O3/c1-21(2,3)29-20(28)24-17(13-12-15-9-5-4-6-10-15)19(27)26-25-18(22)16-11-7-8-14-23-16/h4-11,14,17H,12-13H2,1-3H3,(H2,22,25)(H,24,28)(H,26,27)/t17-/m1/s1. The van der Waals surface area contributed by atoms with E-state index < -0.39 is 23.6 Å². The van der Waals surface area contributed by atoms with Gasteiger partial charge in [-0.1, -0.05) is 36.4 Å². The number of carbonyl (C=O) groups is 2. The van der Waals surface area contributed by atoms with Crippen LogP contribution in [-0.2, 0) is 16.0 Å².